The fourth-order valence-electron chi connectivity index (χ4n) is 4.31. The van der Waals surface area contributed by atoms with E-state index in [2.05, 4.69) is 15.2 Å². The number of halogens is 1. The summed E-state index contributed by atoms with van der Waals surface area (Å²) in [6, 6.07) is 9.86. The van der Waals surface area contributed by atoms with Crippen LogP contribution in [0.25, 0.3) is 0 Å². The number of benzene rings is 1. The lowest BCUT2D eigenvalue weighted by Gasteiger charge is -2.31. The summed E-state index contributed by atoms with van der Waals surface area (Å²) in [4.78, 5) is 21.8. The summed E-state index contributed by atoms with van der Waals surface area (Å²) in [6.07, 6.45) is 10.3. The van der Waals surface area contributed by atoms with Gasteiger partial charge in [0.1, 0.15) is 0 Å². The molecule has 0 saturated carbocycles. The van der Waals surface area contributed by atoms with Crippen LogP contribution in [0, 0.1) is 0 Å². The van der Waals surface area contributed by atoms with E-state index in [0.29, 0.717) is 5.02 Å². The molecule has 6 heteroatoms. The van der Waals surface area contributed by atoms with Crippen LogP contribution in [0.3, 0.4) is 0 Å². The van der Waals surface area contributed by atoms with E-state index in [4.69, 9.17) is 11.6 Å². The lowest BCUT2D eigenvalue weighted by atomic mass is 10.0. The number of nitrogens with zero attached hydrogens (tertiary/aromatic N) is 3. The van der Waals surface area contributed by atoms with E-state index in [-0.39, 0.29) is 12.1 Å². The van der Waals surface area contributed by atoms with Crippen LogP contribution in [0.2, 0.25) is 5.02 Å². The Kier molecular flexibility index (Phi) is 6.01. The Morgan fingerprint density at radius 1 is 1.00 bits per heavy atom. The lowest BCUT2D eigenvalue weighted by Crippen LogP contribution is -2.38. The predicted octanol–water partition coefficient (Wildman–Crippen LogP) is 5.48. The molecule has 4 rings (SSSR count). The van der Waals surface area contributed by atoms with Crippen LogP contribution in [0.1, 0.15) is 50.1 Å². The van der Waals surface area contributed by atoms with Crippen LogP contribution < -0.4 is 10.2 Å². The molecule has 1 N–H and O–H groups in total. The van der Waals surface area contributed by atoms with Crippen LogP contribution in [0.15, 0.2) is 42.7 Å². The summed E-state index contributed by atoms with van der Waals surface area (Å²) >= 11 is 6.25. The molecule has 0 radical (unpaired) electrons. The van der Waals surface area contributed by atoms with Crippen molar-refractivity contribution < 1.29 is 4.79 Å². The monoisotopic (exact) mass is 398 g/mol. The number of pyridine rings is 1. The Balaban J connectivity index is 1.58. The summed E-state index contributed by atoms with van der Waals surface area (Å²) in [5.74, 6) is 0. The highest BCUT2D eigenvalue weighted by atomic mass is 35.5. The molecule has 0 bridgehead atoms. The summed E-state index contributed by atoms with van der Waals surface area (Å²) < 4.78 is 0. The molecule has 1 atom stereocenters. The molecule has 3 heterocycles. The van der Waals surface area contributed by atoms with E-state index in [0.717, 1.165) is 62.3 Å². The van der Waals surface area contributed by atoms with Crippen LogP contribution in [-0.4, -0.2) is 35.5 Å². The Bertz CT molecular complexity index is 807. The smallest absolute Gasteiger partial charge is 0.322 e. The van der Waals surface area contributed by atoms with Gasteiger partial charge in [-0.15, -0.1) is 0 Å². The Hall–Kier alpha value is -2.27. The number of urea groups is 1. The van der Waals surface area contributed by atoms with Gasteiger partial charge in [-0.3, -0.25) is 4.98 Å². The molecule has 2 aliphatic heterocycles. The molecule has 2 fully saturated rings. The van der Waals surface area contributed by atoms with Crippen molar-refractivity contribution in [1.82, 2.24) is 9.88 Å². The topological polar surface area (TPSA) is 48.5 Å². The van der Waals surface area contributed by atoms with Crippen molar-refractivity contribution in [2.75, 3.05) is 29.9 Å². The van der Waals surface area contributed by atoms with Crippen molar-refractivity contribution in [2.45, 2.75) is 44.6 Å². The van der Waals surface area contributed by atoms with Crippen molar-refractivity contribution in [2.24, 2.45) is 0 Å². The van der Waals surface area contributed by atoms with E-state index in [1.807, 2.05) is 35.2 Å². The van der Waals surface area contributed by atoms with Gasteiger partial charge in [0.05, 0.1) is 17.4 Å². The van der Waals surface area contributed by atoms with Crippen LogP contribution in [0.4, 0.5) is 16.2 Å². The fraction of sp³-hybridized carbons (Fsp3) is 0.455. The zero-order chi connectivity index (χ0) is 19.3. The highest BCUT2D eigenvalue weighted by molar-refractivity contribution is 6.31. The Labute approximate surface area is 171 Å². The molecule has 0 aliphatic carbocycles. The standard InChI is InChI=1S/C22H27ClN4O/c23-18-7-8-21(26-13-4-5-14-26)19(16-18)25-22(28)27-15-3-1-2-6-20(27)17-9-11-24-12-10-17/h7-12,16,20H,1-6,13-15H2,(H,25,28). The molecule has 5 nitrogen and oxygen atoms in total. The quantitative estimate of drug-likeness (QED) is 0.744. The van der Waals surface area contributed by atoms with E-state index < -0.39 is 0 Å². The zero-order valence-corrected chi connectivity index (χ0v) is 16.9. The molecule has 2 aromatic rings. The van der Waals surface area contributed by atoms with Gasteiger partial charge in [-0.25, -0.2) is 4.79 Å². The first-order valence-electron chi connectivity index (χ1n) is 10.2. The van der Waals surface area contributed by atoms with Gasteiger partial charge in [0.25, 0.3) is 0 Å². The van der Waals surface area contributed by atoms with Gasteiger partial charge in [0, 0.05) is 37.1 Å². The van der Waals surface area contributed by atoms with E-state index in [1.165, 1.54) is 12.8 Å². The molecule has 1 aromatic heterocycles. The second kappa shape index (κ2) is 8.82. The number of anilines is 2. The van der Waals surface area contributed by atoms with Crippen molar-refractivity contribution in [3.63, 3.8) is 0 Å². The normalized spacial score (nSPS) is 20.1. The van der Waals surface area contributed by atoms with Gasteiger partial charge in [-0.05, 0) is 61.6 Å². The number of rotatable bonds is 3. The third-order valence-electron chi connectivity index (χ3n) is 5.75. The highest BCUT2D eigenvalue weighted by Gasteiger charge is 2.28. The summed E-state index contributed by atoms with van der Waals surface area (Å²) in [5, 5.41) is 3.81. The number of hydrogen-bond acceptors (Lipinski definition) is 3. The predicted molar refractivity (Wildman–Crippen MR) is 114 cm³/mol. The van der Waals surface area contributed by atoms with Crippen molar-refractivity contribution >= 4 is 29.0 Å². The molecule has 148 valence electrons. The minimum Gasteiger partial charge on any atom is -0.370 e. The number of nitrogens with one attached hydrogen (secondary N) is 1. The first kappa shape index (κ1) is 19.1. The third kappa shape index (κ3) is 4.25. The summed E-state index contributed by atoms with van der Waals surface area (Å²) in [6.45, 7) is 2.81. The highest BCUT2D eigenvalue weighted by Crippen LogP contribution is 2.34. The SMILES string of the molecule is O=C(Nc1cc(Cl)ccc1N1CCCC1)N1CCCCCC1c1ccncc1. The molecule has 0 spiro atoms. The number of amides is 2. The minimum absolute atomic E-state index is 0.0496. The summed E-state index contributed by atoms with van der Waals surface area (Å²) in [7, 11) is 0. The maximum absolute atomic E-state index is 13.3. The molecule has 1 unspecified atom stereocenters. The maximum Gasteiger partial charge on any atom is 0.322 e. The van der Waals surface area contributed by atoms with Crippen molar-refractivity contribution in [3.8, 4) is 0 Å². The minimum atomic E-state index is -0.0496. The van der Waals surface area contributed by atoms with E-state index in [1.54, 1.807) is 12.4 Å². The van der Waals surface area contributed by atoms with Crippen LogP contribution in [-0.2, 0) is 0 Å². The van der Waals surface area contributed by atoms with Gasteiger partial charge in [0.15, 0.2) is 0 Å². The Morgan fingerprint density at radius 2 is 1.75 bits per heavy atom. The fourth-order valence-corrected chi connectivity index (χ4v) is 4.48. The van der Waals surface area contributed by atoms with Crippen LogP contribution >= 0.6 is 11.6 Å². The first-order chi connectivity index (χ1) is 13.7. The molecule has 2 saturated heterocycles. The average Bonchev–Trinajstić information content (AvgIpc) is 3.12. The average molecular weight is 399 g/mol. The molecule has 28 heavy (non-hydrogen) atoms. The molecular formula is C22H27ClN4O. The number of carbonyl (C=O) groups is 1. The lowest BCUT2D eigenvalue weighted by molar-refractivity contribution is 0.189. The maximum atomic E-state index is 13.3. The Morgan fingerprint density at radius 3 is 2.54 bits per heavy atom. The second-order valence-electron chi connectivity index (χ2n) is 7.62. The van der Waals surface area contributed by atoms with Gasteiger partial charge in [-0.1, -0.05) is 24.4 Å². The molecule has 2 aliphatic rings. The van der Waals surface area contributed by atoms with Gasteiger partial charge < -0.3 is 15.1 Å². The second-order valence-corrected chi connectivity index (χ2v) is 8.06. The molecule has 1 aromatic carbocycles. The number of likely N-dealkylation sites (tertiary alicyclic amines) is 1. The number of carbonyl (C=O) groups excluding carboxylic acids is 1. The van der Waals surface area contributed by atoms with Gasteiger partial charge in [0.2, 0.25) is 0 Å². The van der Waals surface area contributed by atoms with Crippen molar-refractivity contribution in [3.05, 3.63) is 53.3 Å². The number of hydrogen-bond donors (Lipinski definition) is 1. The zero-order valence-electron chi connectivity index (χ0n) is 16.1. The molecular weight excluding hydrogens is 372 g/mol. The molecule has 2 amide bonds. The third-order valence-corrected chi connectivity index (χ3v) is 5.99. The van der Waals surface area contributed by atoms with Crippen molar-refractivity contribution in [1.29, 1.82) is 0 Å². The van der Waals surface area contributed by atoms with Gasteiger partial charge in [-0.2, -0.15) is 0 Å². The number of aromatic nitrogens is 1. The van der Waals surface area contributed by atoms with Crippen LogP contribution in [0.5, 0.6) is 0 Å². The first-order valence-corrected chi connectivity index (χ1v) is 10.6. The summed E-state index contributed by atoms with van der Waals surface area (Å²) in [5.41, 5.74) is 3.01. The largest absolute Gasteiger partial charge is 0.370 e. The van der Waals surface area contributed by atoms with E-state index >= 15 is 0 Å². The van der Waals surface area contributed by atoms with Gasteiger partial charge >= 0.3 is 6.03 Å². The van der Waals surface area contributed by atoms with E-state index in [9.17, 15) is 4.79 Å².